The summed E-state index contributed by atoms with van der Waals surface area (Å²) in [6.07, 6.45) is -0.609. The molecule has 0 aliphatic heterocycles. The Morgan fingerprint density at radius 2 is 1.96 bits per heavy atom. The lowest BCUT2D eigenvalue weighted by Gasteiger charge is -2.18. The van der Waals surface area contributed by atoms with Crippen molar-refractivity contribution < 1.29 is 14.5 Å². The third kappa shape index (κ3) is 3.57. The normalized spacial score (nSPS) is 11.6. The monoisotopic (exact) mass is 331 g/mol. The second-order valence-electron chi connectivity index (χ2n) is 5.02. The number of nitro benzene ring substituents is 1. The smallest absolute Gasteiger partial charge is 0.269 e. The molecule has 126 valence electrons. The summed E-state index contributed by atoms with van der Waals surface area (Å²) >= 11 is 0. The third-order valence-corrected chi connectivity index (χ3v) is 3.33. The molecule has 0 bridgehead atoms. The van der Waals surface area contributed by atoms with Crippen LogP contribution >= 0.6 is 0 Å². The van der Waals surface area contributed by atoms with Crippen molar-refractivity contribution in [3.8, 4) is 5.75 Å². The number of ether oxygens (including phenoxy) is 1. The molecule has 2 aromatic rings. The number of rotatable bonds is 5. The number of nitrogen functional groups attached to an aromatic ring is 1. The number of anilines is 1. The van der Waals surface area contributed by atoms with Crippen LogP contribution in [0.15, 0.2) is 24.3 Å². The lowest BCUT2D eigenvalue weighted by molar-refractivity contribution is -0.384. The summed E-state index contributed by atoms with van der Waals surface area (Å²) in [5.74, 6) is 0.0988. The fourth-order valence-corrected chi connectivity index (χ4v) is 2.22. The number of aryl methyl sites for hydroxylation is 1. The maximum absolute atomic E-state index is 12.1. The molecule has 0 aliphatic carbocycles. The highest BCUT2D eigenvalue weighted by Crippen LogP contribution is 2.26. The van der Waals surface area contributed by atoms with Crippen LogP contribution < -0.4 is 15.8 Å². The van der Waals surface area contributed by atoms with Gasteiger partial charge in [-0.2, -0.15) is 0 Å². The first kappa shape index (κ1) is 17.1. The van der Waals surface area contributed by atoms with Gasteiger partial charge in [-0.25, -0.2) is 9.97 Å². The molecule has 9 heteroatoms. The number of carbonyl (C=O) groups is 1. The topological polar surface area (TPSA) is 133 Å². The molecule has 1 unspecified atom stereocenters. The van der Waals surface area contributed by atoms with Gasteiger partial charge in [0.05, 0.1) is 21.9 Å². The van der Waals surface area contributed by atoms with Crippen LogP contribution in [0.25, 0.3) is 0 Å². The molecule has 1 aromatic heterocycles. The average Bonchev–Trinajstić information content (AvgIpc) is 2.53. The van der Waals surface area contributed by atoms with Crippen LogP contribution in [0.4, 0.5) is 11.6 Å². The van der Waals surface area contributed by atoms with Gasteiger partial charge in [-0.05, 0) is 26.0 Å². The molecule has 3 N–H and O–H groups in total. The molecular weight excluding hydrogens is 314 g/mol. The quantitative estimate of drug-likeness (QED) is 0.630. The van der Waals surface area contributed by atoms with Gasteiger partial charge in [-0.15, -0.1) is 0 Å². The van der Waals surface area contributed by atoms with Crippen LogP contribution in [-0.4, -0.2) is 27.8 Å². The average molecular weight is 331 g/mol. The van der Waals surface area contributed by atoms with E-state index >= 15 is 0 Å². The first-order valence-electron chi connectivity index (χ1n) is 7.10. The lowest BCUT2D eigenvalue weighted by Crippen LogP contribution is -2.24. The van der Waals surface area contributed by atoms with Crippen molar-refractivity contribution in [1.82, 2.24) is 15.3 Å². The Bertz CT molecular complexity index is 776. The molecule has 2 rings (SSSR count). The molecule has 0 saturated carbocycles. The first-order chi connectivity index (χ1) is 11.3. The maximum atomic E-state index is 12.1. The number of benzene rings is 1. The van der Waals surface area contributed by atoms with E-state index in [2.05, 4.69) is 15.3 Å². The second-order valence-corrected chi connectivity index (χ2v) is 5.02. The summed E-state index contributed by atoms with van der Waals surface area (Å²) in [6.45, 7) is 3.36. The number of nitrogens with two attached hydrogens (primary N) is 1. The van der Waals surface area contributed by atoms with Gasteiger partial charge in [0.25, 0.3) is 11.6 Å². The van der Waals surface area contributed by atoms with E-state index in [1.165, 1.54) is 31.3 Å². The number of non-ortho nitro benzene ring substituents is 1. The highest BCUT2D eigenvalue weighted by Gasteiger charge is 2.22. The van der Waals surface area contributed by atoms with Gasteiger partial charge in [0.1, 0.15) is 11.9 Å². The molecule has 1 heterocycles. The van der Waals surface area contributed by atoms with E-state index in [0.717, 1.165) is 0 Å². The minimum absolute atomic E-state index is 0.0364. The van der Waals surface area contributed by atoms with Crippen LogP contribution in [0.5, 0.6) is 5.75 Å². The Kier molecular flexibility index (Phi) is 4.93. The van der Waals surface area contributed by atoms with Crippen LogP contribution in [0.2, 0.25) is 0 Å². The van der Waals surface area contributed by atoms with Gasteiger partial charge < -0.3 is 15.8 Å². The summed E-state index contributed by atoms with van der Waals surface area (Å²) in [5.41, 5.74) is 6.71. The highest BCUT2D eigenvalue weighted by atomic mass is 16.6. The van der Waals surface area contributed by atoms with Gasteiger partial charge in [0.15, 0.2) is 0 Å². The van der Waals surface area contributed by atoms with Gasteiger partial charge in [0.2, 0.25) is 5.95 Å². The number of hydrogen-bond acceptors (Lipinski definition) is 7. The van der Waals surface area contributed by atoms with Crippen molar-refractivity contribution in [2.24, 2.45) is 0 Å². The predicted octanol–water partition coefficient (Wildman–Crippen LogP) is 1.78. The van der Waals surface area contributed by atoms with Crippen molar-refractivity contribution in [3.05, 3.63) is 51.3 Å². The molecule has 0 aliphatic rings. The van der Waals surface area contributed by atoms with Gasteiger partial charge in [-0.1, -0.05) is 0 Å². The zero-order chi connectivity index (χ0) is 17.9. The van der Waals surface area contributed by atoms with Crippen molar-refractivity contribution in [2.45, 2.75) is 20.0 Å². The zero-order valence-electron chi connectivity index (χ0n) is 13.4. The number of amides is 1. The number of carbonyl (C=O) groups excluding carboxylic acids is 1. The van der Waals surface area contributed by atoms with E-state index in [-0.39, 0.29) is 17.5 Å². The van der Waals surface area contributed by atoms with Gasteiger partial charge in [-0.3, -0.25) is 14.9 Å². The molecule has 0 radical (unpaired) electrons. The Hall–Kier alpha value is -3.23. The maximum Gasteiger partial charge on any atom is 0.269 e. The van der Waals surface area contributed by atoms with Crippen molar-refractivity contribution in [1.29, 1.82) is 0 Å². The number of nitrogens with zero attached hydrogens (tertiary/aromatic N) is 3. The zero-order valence-corrected chi connectivity index (χ0v) is 13.4. The number of hydrogen-bond donors (Lipinski definition) is 2. The van der Waals surface area contributed by atoms with E-state index in [1.807, 2.05) is 0 Å². The minimum atomic E-state index is -0.609. The van der Waals surface area contributed by atoms with Crippen LogP contribution in [0.1, 0.15) is 34.8 Å². The largest absolute Gasteiger partial charge is 0.484 e. The molecule has 24 heavy (non-hydrogen) atoms. The number of aromatic nitrogens is 2. The van der Waals surface area contributed by atoms with Crippen LogP contribution in [0, 0.1) is 17.0 Å². The molecule has 9 nitrogen and oxygen atoms in total. The van der Waals surface area contributed by atoms with E-state index in [9.17, 15) is 14.9 Å². The molecule has 0 fully saturated rings. The van der Waals surface area contributed by atoms with Gasteiger partial charge >= 0.3 is 0 Å². The van der Waals surface area contributed by atoms with Crippen molar-refractivity contribution in [3.63, 3.8) is 0 Å². The number of nitrogens with one attached hydrogen (secondary N) is 1. The fraction of sp³-hybridized carbons (Fsp3) is 0.267. The highest BCUT2D eigenvalue weighted by molar-refractivity contribution is 5.96. The Morgan fingerprint density at radius 1 is 1.33 bits per heavy atom. The van der Waals surface area contributed by atoms with Gasteiger partial charge in [0, 0.05) is 19.2 Å². The molecule has 1 amide bonds. The summed E-state index contributed by atoms with van der Waals surface area (Å²) < 4.78 is 5.73. The summed E-state index contributed by atoms with van der Waals surface area (Å²) in [6, 6.07) is 5.62. The lowest BCUT2D eigenvalue weighted by atomic mass is 10.1. The minimum Gasteiger partial charge on any atom is -0.484 e. The Morgan fingerprint density at radius 3 is 2.50 bits per heavy atom. The molecule has 1 aromatic carbocycles. The van der Waals surface area contributed by atoms with E-state index in [0.29, 0.717) is 22.7 Å². The second kappa shape index (κ2) is 6.90. The molecular formula is C15H17N5O4. The third-order valence-electron chi connectivity index (χ3n) is 3.33. The van der Waals surface area contributed by atoms with Crippen molar-refractivity contribution in [2.75, 3.05) is 12.8 Å². The van der Waals surface area contributed by atoms with E-state index in [1.54, 1.807) is 13.8 Å². The Balaban J connectivity index is 2.33. The summed E-state index contributed by atoms with van der Waals surface area (Å²) in [4.78, 5) is 30.4. The molecule has 0 spiro atoms. The summed E-state index contributed by atoms with van der Waals surface area (Å²) in [7, 11) is 1.50. The predicted molar refractivity (Wildman–Crippen MR) is 86.7 cm³/mol. The van der Waals surface area contributed by atoms with E-state index < -0.39 is 11.0 Å². The standard InChI is InChI=1S/C15H17N5O4/c1-8-12(14(21)17-3)13(19-15(16)18-8)9(2)24-11-6-4-10(5-7-11)20(22)23/h4-7,9H,1-3H3,(H,17,21)(H2,16,18,19). The van der Waals surface area contributed by atoms with Crippen molar-refractivity contribution >= 4 is 17.5 Å². The first-order valence-corrected chi connectivity index (χ1v) is 7.10. The van der Waals surface area contributed by atoms with Crippen LogP contribution in [0.3, 0.4) is 0 Å². The van der Waals surface area contributed by atoms with Crippen LogP contribution in [-0.2, 0) is 0 Å². The van der Waals surface area contributed by atoms with E-state index in [4.69, 9.17) is 10.5 Å². The fourth-order valence-electron chi connectivity index (χ4n) is 2.22. The SMILES string of the molecule is CNC(=O)c1c(C)nc(N)nc1C(C)Oc1ccc([N+](=O)[O-])cc1. The number of nitro groups is 1. The Labute approximate surface area is 138 Å². The molecule has 0 saturated heterocycles. The summed E-state index contributed by atoms with van der Waals surface area (Å²) in [5, 5.41) is 13.2. The molecule has 1 atom stereocenters.